The summed E-state index contributed by atoms with van der Waals surface area (Å²) < 4.78 is 16.6. The Morgan fingerprint density at radius 3 is 2.81 bits per heavy atom. The third kappa shape index (κ3) is 3.36. The summed E-state index contributed by atoms with van der Waals surface area (Å²) in [7, 11) is 0. The Balaban J connectivity index is 1.58. The summed E-state index contributed by atoms with van der Waals surface area (Å²) in [6, 6.07) is 13.0. The second-order valence-electron chi connectivity index (χ2n) is 4.59. The molecule has 0 atom stereocenters. The van der Waals surface area contributed by atoms with Gasteiger partial charge in [0, 0.05) is 6.42 Å². The van der Waals surface area contributed by atoms with Crippen LogP contribution < -0.4 is 14.2 Å². The molecule has 0 aromatic heterocycles. The maximum absolute atomic E-state index is 11.9. The van der Waals surface area contributed by atoms with Crippen molar-refractivity contribution < 1.29 is 19.0 Å². The number of para-hydroxylation sites is 1. The van der Waals surface area contributed by atoms with Gasteiger partial charge in [0.1, 0.15) is 5.75 Å². The van der Waals surface area contributed by atoms with E-state index in [2.05, 4.69) is 15.9 Å². The fourth-order valence-corrected chi connectivity index (χ4v) is 2.41. The summed E-state index contributed by atoms with van der Waals surface area (Å²) in [5, 5.41) is 0. The first kappa shape index (κ1) is 13.9. The van der Waals surface area contributed by atoms with Crippen molar-refractivity contribution in [2.24, 2.45) is 0 Å². The van der Waals surface area contributed by atoms with E-state index in [4.69, 9.17) is 14.2 Å². The molecular weight excluding hydrogens is 336 g/mol. The molecule has 2 aromatic rings. The molecule has 1 heterocycles. The van der Waals surface area contributed by atoms with E-state index in [1.54, 1.807) is 6.07 Å². The lowest BCUT2D eigenvalue weighted by Gasteiger charge is -2.06. The molecule has 0 saturated heterocycles. The molecule has 4 nitrogen and oxygen atoms in total. The van der Waals surface area contributed by atoms with Crippen LogP contribution in [0.1, 0.15) is 12.0 Å². The van der Waals surface area contributed by atoms with Gasteiger partial charge >= 0.3 is 5.97 Å². The average Bonchev–Trinajstić information content (AvgIpc) is 2.95. The number of carbonyl (C=O) groups is 1. The van der Waals surface area contributed by atoms with Crippen LogP contribution in [0, 0.1) is 0 Å². The Kier molecular flexibility index (Phi) is 4.10. The van der Waals surface area contributed by atoms with E-state index in [0.717, 1.165) is 21.5 Å². The lowest BCUT2D eigenvalue weighted by molar-refractivity contribution is -0.134. The van der Waals surface area contributed by atoms with Crippen molar-refractivity contribution in [2.45, 2.75) is 12.8 Å². The van der Waals surface area contributed by atoms with E-state index in [1.807, 2.05) is 36.4 Å². The van der Waals surface area contributed by atoms with Gasteiger partial charge in [-0.25, -0.2) is 0 Å². The van der Waals surface area contributed by atoms with Crippen LogP contribution in [0.4, 0.5) is 0 Å². The normalized spacial score (nSPS) is 12.2. The SMILES string of the molecule is O=C(CCc1ccc2c(c1)OCO2)Oc1ccccc1Br. The van der Waals surface area contributed by atoms with Crippen molar-refractivity contribution >= 4 is 21.9 Å². The molecule has 0 saturated carbocycles. The van der Waals surface area contributed by atoms with Crippen molar-refractivity contribution in [1.29, 1.82) is 0 Å². The van der Waals surface area contributed by atoms with Crippen LogP contribution in [0.15, 0.2) is 46.9 Å². The standard InChI is InChI=1S/C16H13BrO4/c17-12-3-1-2-4-13(12)21-16(18)8-6-11-5-7-14-15(9-11)20-10-19-14/h1-5,7,9H,6,8,10H2. The number of esters is 1. The third-order valence-electron chi connectivity index (χ3n) is 3.12. The largest absolute Gasteiger partial charge is 0.454 e. The van der Waals surface area contributed by atoms with Gasteiger partial charge in [-0.1, -0.05) is 18.2 Å². The van der Waals surface area contributed by atoms with Crippen LogP contribution in [0.5, 0.6) is 17.2 Å². The number of aryl methyl sites for hydroxylation is 1. The van der Waals surface area contributed by atoms with Crippen LogP contribution in [0.3, 0.4) is 0 Å². The van der Waals surface area contributed by atoms with Gasteiger partial charge in [-0.15, -0.1) is 0 Å². The number of halogens is 1. The molecule has 0 fully saturated rings. The maximum Gasteiger partial charge on any atom is 0.311 e. The van der Waals surface area contributed by atoms with Crippen molar-refractivity contribution in [1.82, 2.24) is 0 Å². The zero-order valence-electron chi connectivity index (χ0n) is 11.2. The molecule has 3 rings (SSSR count). The van der Waals surface area contributed by atoms with Crippen LogP contribution >= 0.6 is 15.9 Å². The molecule has 108 valence electrons. The van der Waals surface area contributed by atoms with E-state index >= 15 is 0 Å². The third-order valence-corrected chi connectivity index (χ3v) is 3.77. The molecule has 0 amide bonds. The van der Waals surface area contributed by atoms with E-state index in [1.165, 1.54) is 0 Å². The minimum atomic E-state index is -0.264. The smallest absolute Gasteiger partial charge is 0.311 e. The number of ether oxygens (including phenoxy) is 3. The number of hydrogen-bond acceptors (Lipinski definition) is 4. The first-order valence-electron chi connectivity index (χ1n) is 6.56. The van der Waals surface area contributed by atoms with Crippen LogP contribution in [0.2, 0.25) is 0 Å². The van der Waals surface area contributed by atoms with E-state index in [9.17, 15) is 4.79 Å². The Labute approximate surface area is 130 Å². The van der Waals surface area contributed by atoms with Gasteiger partial charge in [-0.3, -0.25) is 4.79 Å². The van der Waals surface area contributed by atoms with Gasteiger partial charge in [0.05, 0.1) is 4.47 Å². The monoisotopic (exact) mass is 348 g/mol. The summed E-state index contributed by atoms with van der Waals surface area (Å²) >= 11 is 3.35. The molecule has 0 spiro atoms. The highest BCUT2D eigenvalue weighted by Crippen LogP contribution is 2.32. The Morgan fingerprint density at radius 2 is 1.95 bits per heavy atom. The van der Waals surface area contributed by atoms with E-state index < -0.39 is 0 Å². The van der Waals surface area contributed by atoms with Crippen LogP contribution in [0.25, 0.3) is 0 Å². The van der Waals surface area contributed by atoms with Gasteiger partial charge in [0.25, 0.3) is 0 Å². The number of fused-ring (bicyclic) bond motifs is 1. The number of hydrogen-bond donors (Lipinski definition) is 0. The highest BCUT2D eigenvalue weighted by atomic mass is 79.9. The summed E-state index contributed by atoms with van der Waals surface area (Å²) in [4.78, 5) is 11.9. The lowest BCUT2D eigenvalue weighted by atomic mass is 10.1. The maximum atomic E-state index is 11.9. The number of benzene rings is 2. The van der Waals surface area contributed by atoms with Gasteiger partial charge in [-0.05, 0) is 52.2 Å². The summed E-state index contributed by atoms with van der Waals surface area (Å²) in [6.45, 7) is 0.253. The molecule has 5 heteroatoms. The van der Waals surface area contributed by atoms with Crippen LogP contribution in [-0.2, 0) is 11.2 Å². The molecule has 2 aromatic carbocycles. The highest BCUT2D eigenvalue weighted by Gasteiger charge is 2.14. The van der Waals surface area contributed by atoms with E-state index in [0.29, 0.717) is 18.6 Å². The second kappa shape index (κ2) is 6.18. The predicted octanol–water partition coefficient (Wildman–Crippen LogP) is 3.72. The predicted molar refractivity (Wildman–Crippen MR) is 80.7 cm³/mol. The van der Waals surface area contributed by atoms with Crippen LogP contribution in [-0.4, -0.2) is 12.8 Å². The Hall–Kier alpha value is -2.01. The van der Waals surface area contributed by atoms with Crippen molar-refractivity contribution in [2.75, 3.05) is 6.79 Å². The van der Waals surface area contributed by atoms with Crippen molar-refractivity contribution in [3.8, 4) is 17.2 Å². The first-order chi connectivity index (χ1) is 10.2. The highest BCUT2D eigenvalue weighted by molar-refractivity contribution is 9.10. The minimum Gasteiger partial charge on any atom is -0.454 e. The zero-order chi connectivity index (χ0) is 14.7. The van der Waals surface area contributed by atoms with Crippen molar-refractivity contribution in [3.05, 3.63) is 52.5 Å². The molecule has 0 radical (unpaired) electrons. The summed E-state index contributed by atoms with van der Waals surface area (Å²) in [5.74, 6) is 1.74. The fourth-order valence-electron chi connectivity index (χ4n) is 2.04. The molecule has 0 N–H and O–H groups in total. The Bertz CT molecular complexity index is 669. The Morgan fingerprint density at radius 1 is 1.14 bits per heavy atom. The molecule has 0 bridgehead atoms. The molecule has 1 aliphatic heterocycles. The number of rotatable bonds is 4. The molecule has 0 aliphatic carbocycles. The van der Waals surface area contributed by atoms with Crippen molar-refractivity contribution in [3.63, 3.8) is 0 Å². The van der Waals surface area contributed by atoms with Gasteiger partial charge < -0.3 is 14.2 Å². The minimum absolute atomic E-state index is 0.253. The quantitative estimate of drug-likeness (QED) is 0.624. The van der Waals surface area contributed by atoms with Gasteiger partial charge in [0.2, 0.25) is 6.79 Å². The number of carbonyl (C=O) groups excluding carboxylic acids is 1. The van der Waals surface area contributed by atoms with Gasteiger partial charge in [0.15, 0.2) is 11.5 Å². The first-order valence-corrected chi connectivity index (χ1v) is 7.35. The molecule has 21 heavy (non-hydrogen) atoms. The average molecular weight is 349 g/mol. The zero-order valence-corrected chi connectivity index (χ0v) is 12.8. The molecule has 1 aliphatic rings. The molecule has 0 unspecified atom stereocenters. The topological polar surface area (TPSA) is 44.8 Å². The second-order valence-corrected chi connectivity index (χ2v) is 5.45. The lowest BCUT2D eigenvalue weighted by Crippen LogP contribution is -2.09. The summed E-state index contributed by atoms with van der Waals surface area (Å²) in [6.07, 6.45) is 0.904. The summed E-state index contributed by atoms with van der Waals surface area (Å²) in [5.41, 5.74) is 1.02. The fraction of sp³-hybridized carbons (Fsp3) is 0.188. The van der Waals surface area contributed by atoms with E-state index in [-0.39, 0.29) is 12.8 Å². The van der Waals surface area contributed by atoms with Gasteiger partial charge in [-0.2, -0.15) is 0 Å². The molecular formula is C16H13BrO4.